The van der Waals surface area contributed by atoms with Gasteiger partial charge in [-0.3, -0.25) is 0 Å². The number of nitrogens with zero attached hydrogens (tertiary/aromatic N) is 2. The Morgan fingerprint density at radius 3 is 2.79 bits per heavy atom. The highest BCUT2D eigenvalue weighted by Gasteiger charge is 2.07. The van der Waals surface area contributed by atoms with E-state index in [1.54, 1.807) is 19.3 Å². The van der Waals surface area contributed by atoms with Crippen LogP contribution in [0.4, 0.5) is 0 Å². The fourth-order valence-corrected chi connectivity index (χ4v) is 1.13. The first kappa shape index (κ1) is 10.7. The zero-order valence-corrected chi connectivity index (χ0v) is 8.53. The molecule has 1 aromatic rings. The molecule has 0 aliphatic rings. The van der Waals surface area contributed by atoms with Crippen molar-refractivity contribution < 1.29 is 4.74 Å². The predicted molar refractivity (Wildman–Crippen MR) is 55.2 cm³/mol. The molecule has 0 aliphatic heterocycles. The highest BCUT2D eigenvalue weighted by atomic mass is 16.5. The Labute approximate surface area is 84.0 Å². The van der Waals surface area contributed by atoms with Crippen molar-refractivity contribution in [3.05, 3.63) is 30.5 Å². The molecule has 0 bridgehead atoms. The van der Waals surface area contributed by atoms with E-state index >= 15 is 0 Å². The summed E-state index contributed by atoms with van der Waals surface area (Å²) in [4.78, 5) is 0. The van der Waals surface area contributed by atoms with Gasteiger partial charge in [-0.2, -0.15) is 0 Å². The van der Waals surface area contributed by atoms with Crippen LogP contribution < -0.4 is 10.1 Å². The van der Waals surface area contributed by atoms with Gasteiger partial charge in [0.2, 0.25) is 5.88 Å². The van der Waals surface area contributed by atoms with Gasteiger partial charge >= 0.3 is 0 Å². The molecule has 0 spiro atoms. The van der Waals surface area contributed by atoms with Crippen molar-refractivity contribution in [1.82, 2.24) is 15.5 Å². The van der Waals surface area contributed by atoms with Gasteiger partial charge in [0, 0.05) is 6.07 Å². The van der Waals surface area contributed by atoms with E-state index in [9.17, 15) is 0 Å². The van der Waals surface area contributed by atoms with E-state index in [4.69, 9.17) is 4.74 Å². The van der Waals surface area contributed by atoms with Crippen LogP contribution in [0.2, 0.25) is 0 Å². The quantitative estimate of drug-likeness (QED) is 0.716. The van der Waals surface area contributed by atoms with Crippen LogP contribution in [0.15, 0.2) is 24.8 Å². The lowest BCUT2D eigenvalue weighted by molar-refractivity contribution is 0.390. The molecule has 0 radical (unpaired) electrons. The Hall–Kier alpha value is -1.42. The summed E-state index contributed by atoms with van der Waals surface area (Å²) in [5, 5.41) is 11.1. The highest BCUT2D eigenvalue weighted by molar-refractivity contribution is 5.16. The molecule has 0 amide bonds. The van der Waals surface area contributed by atoms with Crippen molar-refractivity contribution in [3.8, 4) is 5.88 Å². The Kier molecular flexibility index (Phi) is 4.07. The number of aromatic nitrogens is 2. The van der Waals surface area contributed by atoms with Gasteiger partial charge in [0.1, 0.15) is 0 Å². The van der Waals surface area contributed by atoms with Gasteiger partial charge in [0.15, 0.2) is 0 Å². The minimum Gasteiger partial charge on any atom is -0.480 e. The number of methoxy groups -OCH3 is 1. The summed E-state index contributed by atoms with van der Waals surface area (Å²) in [5.74, 6) is 0.521. The van der Waals surface area contributed by atoms with E-state index in [0.717, 1.165) is 12.2 Å². The number of rotatable bonds is 5. The van der Waals surface area contributed by atoms with Crippen molar-refractivity contribution in [1.29, 1.82) is 0 Å². The second-order valence-electron chi connectivity index (χ2n) is 2.77. The minimum absolute atomic E-state index is 0.0541. The van der Waals surface area contributed by atoms with Crippen LogP contribution >= 0.6 is 0 Å². The van der Waals surface area contributed by atoms with Crippen molar-refractivity contribution in [2.45, 2.75) is 13.0 Å². The van der Waals surface area contributed by atoms with E-state index < -0.39 is 0 Å². The number of ether oxygens (including phenoxy) is 1. The molecule has 1 heterocycles. The average Bonchev–Trinajstić information content (AvgIpc) is 2.26. The van der Waals surface area contributed by atoms with Crippen LogP contribution in [-0.2, 0) is 0 Å². The molecule has 4 nitrogen and oxygen atoms in total. The molecule has 1 unspecified atom stereocenters. The number of nitrogens with one attached hydrogen (secondary N) is 1. The fraction of sp³-hybridized carbons (Fsp3) is 0.400. The lowest BCUT2D eigenvalue weighted by Crippen LogP contribution is -2.20. The number of hydrogen-bond acceptors (Lipinski definition) is 4. The summed E-state index contributed by atoms with van der Waals surface area (Å²) in [6.45, 7) is 6.64. The van der Waals surface area contributed by atoms with E-state index in [1.807, 2.05) is 13.0 Å². The van der Waals surface area contributed by atoms with Gasteiger partial charge in [-0.05, 0) is 12.6 Å². The van der Waals surface area contributed by atoms with Crippen molar-refractivity contribution in [3.63, 3.8) is 0 Å². The molecular weight excluding hydrogens is 178 g/mol. The molecule has 0 saturated heterocycles. The van der Waals surface area contributed by atoms with Crippen LogP contribution in [0, 0.1) is 0 Å². The molecule has 4 heteroatoms. The molecule has 0 fully saturated rings. The van der Waals surface area contributed by atoms with Crippen molar-refractivity contribution in [2.75, 3.05) is 13.7 Å². The van der Waals surface area contributed by atoms with Crippen LogP contribution in [0.1, 0.15) is 18.7 Å². The molecule has 1 aromatic heterocycles. The normalized spacial score (nSPS) is 12.1. The van der Waals surface area contributed by atoms with E-state index in [1.165, 1.54) is 0 Å². The predicted octanol–water partition coefficient (Wildman–Crippen LogP) is 1.32. The molecule has 1 atom stereocenters. The standard InChI is InChI=1S/C10H15N3O/c1-4-8(11-5-2)9-6-7-10(14-3)13-12-9/h4,6-8,11H,1,5H2,2-3H3. The number of hydrogen-bond donors (Lipinski definition) is 1. The van der Waals surface area contributed by atoms with E-state index in [-0.39, 0.29) is 6.04 Å². The Bertz CT molecular complexity index is 284. The smallest absolute Gasteiger partial charge is 0.233 e. The third-order valence-electron chi connectivity index (χ3n) is 1.85. The second kappa shape index (κ2) is 5.34. The first-order valence-electron chi connectivity index (χ1n) is 4.55. The highest BCUT2D eigenvalue weighted by Crippen LogP contribution is 2.12. The lowest BCUT2D eigenvalue weighted by atomic mass is 10.2. The Morgan fingerprint density at radius 2 is 2.36 bits per heavy atom. The molecule has 76 valence electrons. The first-order valence-corrected chi connectivity index (χ1v) is 4.55. The average molecular weight is 193 g/mol. The SMILES string of the molecule is C=CC(NCC)c1ccc(OC)nn1. The largest absolute Gasteiger partial charge is 0.480 e. The molecule has 0 aromatic carbocycles. The monoisotopic (exact) mass is 193 g/mol. The van der Waals surface area contributed by atoms with Gasteiger partial charge in [-0.25, -0.2) is 0 Å². The Morgan fingerprint density at radius 1 is 1.57 bits per heavy atom. The van der Waals surface area contributed by atoms with Gasteiger partial charge in [0.05, 0.1) is 18.8 Å². The maximum absolute atomic E-state index is 4.92. The van der Waals surface area contributed by atoms with Gasteiger partial charge < -0.3 is 10.1 Å². The lowest BCUT2D eigenvalue weighted by Gasteiger charge is -2.11. The summed E-state index contributed by atoms with van der Waals surface area (Å²) in [6.07, 6.45) is 1.81. The zero-order valence-electron chi connectivity index (χ0n) is 8.53. The molecule has 1 N–H and O–H groups in total. The zero-order chi connectivity index (χ0) is 10.4. The van der Waals surface area contributed by atoms with Gasteiger partial charge in [0.25, 0.3) is 0 Å². The topological polar surface area (TPSA) is 47.0 Å². The minimum atomic E-state index is 0.0541. The summed E-state index contributed by atoms with van der Waals surface area (Å²) in [6, 6.07) is 3.72. The maximum Gasteiger partial charge on any atom is 0.233 e. The van der Waals surface area contributed by atoms with Gasteiger partial charge in [-0.1, -0.05) is 13.0 Å². The summed E-state index contributed by atoms with van der Waals surface area (Å²) >= 11 is 0. The fourth-order valence-electron chi connectivity index (χ4n) is 1.13. The van der Waals surface area contributed by atoms with E-state index in [2.05, 4.69) is 22.1 Å². The summed E-state index contributed by atoms with van der Waals surface area (Å²) in [5.41, 5.74) is 0.850. The molecule has 1 rings (SSSR count). The molecule has 0 aliphatic carbocycles. The third kappa shape index (κ3) is 2.53. The molecular formula is C10H15N3O. The maximum atomic E-state index is 4.92. The van der Waals surface area contributed by atoms with E-state index in [0.29, 0.717) is 5.88 Å². The third-order valence-corrected chi connectivity index (χ3v) is 1.85. The number of likely N-dealkylation sites (N-methyl/N-ethyl adjacent to an activating group) is 1. The van der Waals surface area contributed by atoms with Crippen molar-refractivity contribution >= 4 is 0 Å². The van der Waals surface area contributed by atoms with Crippen LogP contribution in [0.25, 0.3) is 0 Å². The van der Waals surface area contributed by atoms with Gasteiger partial charge in [-0.15, -0.1) is 16.8 Å². The van der Waals surface area contributed by atoms with Crippen LogP contribution in [-0.4, -0.2) is 23.9 Å². The molecule has 14 heavy (non-hydrogen) atoms. The van der Waals surface area contributed by atoms with Crippen LogP contribution in [0.5, 0.6) is 5.88 Å². The first-order chi connectivity index (χ1) is 6.81. The summed E-state index contributed by atoms with van der Waals surface area (Å²) in [7, 11) is 1.57. The van der Waals surface area contributed by atoms with Crippen molar-refractivity contribution in [2.24, 2.45) is 0 Å². The second-order valence-corrected chi connectivity index (χ2v) is 2.77. The summed E-state index contributed by atoms with van der Waals surface area (Å²) < 4.78 is 4.92. The Balaban J connectivity index is 2.78. The van der Waals surface area contributed by atoms with Crippen LogP contribution in [0.3, 0.4) is 0 Å². The molecule has 0 saturated carbocycles.